The first-order valence-electron chi connectivity index (χ1n) is 5.71. The van der Waals surface area contributed by atoms with E-state index >= 15 is 0 Å². The van der Waals surface area contributed by atoms with Crippen molar-refractivity contribution in [2.24, 2.45) is 0 Å². The quantitative estimate of drug-likeness (QED) is 0.595. The minimum atomic E-state index is -0.297. The molecule has 1 aromatic rings. The lowest BCUT2D eigenvalue weighted by Crippen LogP contribution is -2.41. The molecule has 2 rings (SSSR count). The van der Waals surface area contributed by atoms with E-state index in [4.69, 9.17) is 9.31 Å². The third-order valence-electron chi connectivity index (χ3n) is 3.49. The average Bonchev–Trinajstić information content (AvgIpc) is 2.48. The summed E-state index contributed by atoms with van der Waals surface area (Å²) in [6, 6.07) is 3.97. The maximum absolute atomic E-state index is 5.99. The Balaban J connectivity index is 2.25. The number of nitrogens with zero attached hydrogens (tertiary/aromatic N) is 1. The van der Waals surface area contributed by atoms with Crippen molar-refractivity contribution in [3.05, 3.63) is 18.3 Å². The van der Waals surface area contributed by atoms with Crippen LogP contribution in [0.25, 0.3) is 0 Å². The van der Waals surface area contributed by atoms with E-state index in [1.807, 2.05) is 18.4 Å². The molecular formula is C12H18BNO2S. The Labute approximate surface area is 107 Å². The summed E-state index contributed by atoms with van der Waals surface area (Å²) in [6.07, 6.45) is 3.81. The van der Waals surface area contributed by atoms with E-state index in [1.54, 1.807) is 18.0 Å². The van der Waals surface area contributed by atoms with E-state index in [-0.39, 0.29) is 18.3 Å². The highest BCUT2D eigenvalue weighted by Gasteiger charge is 2.51. The minimum Gasteiger partial charge on any atom is -0.399 e. The van der Waals surface area contributed by atoms with Gasteiger partial charge in [0.1, 0.15) is 0 Å². The Morgan fingerprint density at radius 3 is 2.29 bits per heavy atom. The van der Waals surface area contributed by atoms with Gasteiger partial charge < -0.3 is 9.31 Å². The highest BCUT2D eigenvalue weighted by Crippen LogP contribution is 2.36. The van der Waals surface area contributed by atoms with Crippen LogP contribution in [0, 0.1) is 0 Å². The number of aromatic nitrogens is 1. The van der Waals surface area contributed by atoms with Crippen LogP contribution in [0.5, 0.6) is 0 Å². The van der Waals surface area contributed by atoms with Crippen molar-refractivity contribution in [1.29, 1.82) is 0 Å². The van der Waals surface area contributed by atoms with Crippen LogP contribution >= 0.6 is 11.8 Å². The predicted molar refractivity (Wildman–Crippen MR) is 71.7 cm³/mol. The van der Waals surface area contributed by atoms with Gasteiger partial charge in [0.2, 0.25) is 0 Å². The van der Waals surface area contributed by atoms with Crippen molar-refractivity contribution in [1.82, 2.24) is 4.98 Å². The van der Waals surface area contributed by atoms with Gasteiger partial charge in [0.05, 0.1) is 16.2 Å². The smallest absolute Gasteiger partial charge is 0.399 e. The first kappa shape index (κ1) is 12.9. The van der Waals surface area contributed by atoms with E-state index in [1.165, 1.54) is 0 Å². The summed E-state index contributed by atoms with van der Waals surface area (Å²) in [5.41, 5.74) is 0.448. The predicted octanol–water partition coefficient (Wildman–Crippen LogP) is 2.10. The molecule has 3 nitrogen and oxygen atoms in total. The fourth-order valence-electron chi connectivity index (χ4n) is 1.66. The van der Waals surface area contributed by atoms with Crippen LogP contribution in [0.2, 0.25) is 0 Å². The molecule has 1 fully saturated rings. The maximum atomic E-state index is 5.99. The van der Waals surface area contributed by atoms with E-state index in [0.29, 0.717) is 0 Å². The topological polar surface area (TPSA) is 31.4 Å². The second-order valence-electron chi connectivity index (χ2n) is 5.22. The van der Waals surface area contributed by atoms with Gasteiger partial charge in [0.15, 0.2) is 0 Å². The van der Waals surface area contributed by atoms with Crippen LogP contribution in [0.3, 0.4) is 0 Å². The molecule has 1 aliphatic rings. The van der Waals surface area contributed by atoms with Crippen LogP contribution < -0.4 is 5.46 Å². The van der Waals surface area contributed by atoms with Crippen molar-refractivity contribution in [2.75, 3.05) is 6.26 Å². The van der Waals surface area contributed by atoms with Gasteiger partial charge in [0.25, 0.3) is 0 Å². The summed E-state index contributed by atoms with van der Waals surface area (Å²) in [6.45, 7) is 8.24. The van der Waals surface area contributed by atoms with Crippen molar-refractivity contribution in [3.8, 4) is 0 Å². The summed E-state index contributed by atoms with van der Waals surface area (Å²) in [7, 11) is -0.297. The molecule has 2 heterocycles. The molecule has 0 radical (unpaired) electrons. The highest BCUT2D eigenvalue weighted by molar-refractivity contribution is 7.98. The Bertz CT molecular complexity index is 407. The number of thioether (sulfide) groups is 1. The molecule has 0 unspecified atom stereocenters. The standard InChI is InChI=1S/C12H18BNO2S/c1-11(2)12(3,4)16-13(15-11)9-6-7-14-10(8-9)17-5/h6-8H,1-5H3. The van der Waals surface area contributed by atoms with Gasteiger partial charge in [-0.2, -0.15) is 0 Å². The Morgan fingerprint density at radius 2 is 1.76 bits per heavy atom. The van der Waals surface area contributed by atoms with Gasteiger partial charge in [-0.15, -0.1) is 11.8 Å². The number of pyridine rings is 1. The molecule has 0 aliphatic carbocycles. The van der Waals surface area contributed by atoms with Gasteiger partial charge >= 0.3 is 7.12 Å². The zero-order valence-electron chi connectivity index (χ0n) is 11.0. The number of rotatable bonds is 2. The molecule has 0 saturated carbocycles. The molecule has 0 aromatic carbocycles. The van der Waals surface area contributed by atoms with E-state index < -0.39 is 0 Å². The van der Waals surface area contributed by atoms with Crippen molar-refractivity contribution >= 4 is 24.3 Å². The lowest BCUT2D eigenvalue weighted by Gasteiger charge is -2.32. The van der Waals surface area contributed by atoms with E-state index in [0.717, 1.165) is 10.5 Å². The van der Waals surface area contributed by atoms with E-state index in [9.17, 15) is 0 Å². The summed E-state index contributed by atoms with van der Waals surface area (Å²) < 4.78 is 12.0. The molecular weight excluding hydrogens is 233 g/mol. The molecule has 5 heteroatoms. The Morgan fingerprint density at radius 1 is 1.18 bits per heavy atom. The monoisotopic (exact) mass is 251 g/mol. The molecule has 0 spiro atoms. The normalized spacial score (nSPS) is 21.8. The number of hydrogen-bond acceptors (Lipinski definition) is 4. The molecule has 1 aromatic heterocycles. The lowest BCUT2D eigenvalue weighted by atomic mass is 9.80. The Hall–Kier alpha value is -0.515. The largest absolute Gasteiger partial charge is 0.494 e. The second-order valence-corrected chi connectivity index (χ2v) is 6.05. The molecule has 1 aliphatic heterocycles. The molecule has 0 bridgehead atoms. The van der Waals surface area contributed by atoms with Crippen molar-refractivity contribution in [2.45, 2.75) is 43.9 Å². The van der Waals surface area contributed by atoms with Crippen LogP contribution in [-0.2, 0) is 9.31 Å². The molecule has 92 valence electrons. The molecule has 0 N–H and O–H groups in total. The zero-order chi connectivity index (χ0) is 12.7. The Kier molecular flexibility index (Phi) is 3.27. The first-order chi connectivity index (χ1) is 7.86. The highest BCUT2D eigenvalue weighted by atomic mass is 32.2. The van der Waals surface area contributed by atoms with Gasteiger partial charge in [-0.3, -0.25) is 4.98 Å². The minimum absolute atomic E-state index is 0.291. The first-order valence-corrected chi connectivity index (χ1v) is 6.94. The van der Waals surface area contributed by atoms with Crippen molar-refractivity contribution < 1.29 is 9.31 Å². The van der Waals surface area contributed by atoms with Crippen LogP contribution in [-0.4, -0.2) is 29.6 Å². The van der Waals surface area contributed by atoms with Gasteiger partial charge in [-0.05, 0) is 51.5 Å². The van der Waals surface area contributed by atoms with Crippen molar-refractivity contribution in [3.63, 3.8) is 0 Å². The van der Waals surface area contributed by atoms with Crippen LogP contribution in [0.15, 0.2) is 23.4 Å². The van der Waals surface area contributed by atoms with Crippen LogP contribution in [0.1, 0.15) is 27.7 Å². The fraction of sp³-hybridized carbons (Fsp3) is 0.583. The zero-order valence-corrected chi connectivity index (χ0v) is 11.8. The summed E-state index contributed by atoms with van der Waals surface area (Å²) in [5.74, 6) is 0. The SMILES string of the molecule is CSc1cc(B2OC(C)(C)C(C)(C)O2)ccn1. The summed E-state index contributed by atoms with van der Waals surface area (Å²) >= 11 is 1.62. The number of hydrogen-bond donors (Lipinski definition) is 0. The van der Waals surface area contributed by atoms with Gasteiger partial charge in [0, 0.05) is 6.20 Å². The second kappa shape index (κ2) is 4.30. The van der Waals surface area contributed by atoms with Gasteiger partial charge in [-0.25, -0.2) is 0 Å². The van der Waals surface area contributed by atoms with Gasteiger partial charge in [-0.1, -0.05) is 0 Å². The van der Waals surface area contributed by atoms with E-state index in [2.05, 4.69) is 32.7 Å². The molecule has 1 saturated heterocycles. The lowest BCUT2D eigenvalue weighted by molar-refractivity contribution is 0.00578. The summed E-state index contributed by atoms with van der Waals surface area (Å²) in [5, 5.41) is 0.984. The third-order valence-corrected chi connectivity index (χ3v) is 4.13. The third kappa shape index (κ3) is 2.37. The maximum Gasteiger partial charge on any atom is 0.494 e. The summed E-state index contributed by atoms with van der Waals surface area (Å²) in [4.78, 5) is 4.25. The average molecular weight is 251 g/mol. The molecule has 17 heavy (non-hydrogen) atoms. The van der Waals surface area contributed by atoms with Crippen LogP contribution in [0.4, 0.5) is 0 Å². The molecule has 0 atom stereocenters. The molecule has 0 amide bonds. The fourth-order valence-corrected chi connectivity index (χ4v) is 2.08.